The number of alkyl halides is 3. The van der Waals surface area contributed by atoms with Gasteiger partial charge in [0, 0.05) is 22.0 Å². The van der Waals surface area contributed by atoms with Gasteiger partial charge in [0.25, 0.3) is 0 Å². The predicted octanol–water partition coefficient (Wildman–Crippen LogP) is 5.51. The Morgan fingerprint density at radius 2 is 1.70 bits per heavy atom. The lowest BCUT2D eigenvalue weighted by atomic mass is 9.82. The van der Waals surface area contributed by atoms with Crippen LogP contribution in [0.3, 0.4) is 0 Å². The molecular formula is C30H21F4N3O5S2. The number of thioether (sulfide) groups is 1. The number of methoxy groups -OCH3 is 1. The van der Waals surface area contributed by atoms with Crippen LogP contribution >= 0.6 is 23.1 Å². The number of halogens is 4. The normalized spacial score (nSPS) is 19.5. The Balaban J connectivity index is 1.43. The number of nitrogens with zero attached hydrogens (tertiary/aromatic N) is 2. The molecule has 0 bridgehead atoms. The van der Waals surface area contributed by atoms with Gasteiger partial charge in [-0.2, -0.15) is 13.2 Å². The summed E-state index contributed by atoms with van der Waals surface area (Å²) in [5.74, 6) is -4.10. The minimum absolute atomic E-state index is 0.219. The highest BCUT2D eigenvalue weighted by Gasteiger charge is 2.57. The van der Waals surface area contributed by atoms with E-state index in [0.717, 1.165) is 46.2 Å². The fraction of sp³-hybridized carbons (Fsp3) is 0.200. The Labute approximate surface area is 255 Å². The lowest BCUT2D eigenvalue weighted by Crippen LogP contribution is -2.33. The van der Waals surface area contributed by atoms with E-state index in [-0.39, 0.29) is 5.69 Å². The lowest BCUT2D eigenvalue weighted by Gasteiger charge is -2.31. The van der Waals surface area contributed by atoms with Crippen molar-refractivity contribution < 1.29 is 36.7 Å². The monoisotopic (exact) mass is 643 g/mol. The summed E-state index contributed by atoms with van der Waals surface area (Å²) in [5, 5.41) is 1.78. The molecule has 1 aromatic heterocycles. The first kappa shape index (κ1) is 29.6. The molecule has 3 amide bonds. The van der Waals surface area contributed by atoms with Crippen molar-refractivity contribution in [2.24, 2.45) is 5.92 Å². The highest BCUT2D eigenvalue weighted by molar-refractivity contribution is 8.00. The third kappa shape index (κ3) is 5.17. The fourth-order valence-electron chi connectivity index (χ4n) is 5.47. The van der Waals surface area contributed by atoms with E-state index in [9.17, 15) is 36.7 Å². The molecule has 44 heavy (non-hydrogen) atoms. The first-order valence-corrected chi connectivity index (χ1v) is 14.8. The van der Waals surface area contributed by atoms with E-state index >= 15 is 0 Å². The lowest BCUT2D eigenvalue weighted by molar-refractivity contribution is -0.137. The average Bonchev–Trinajstić information content (AvgIpc) is 3.44. The number of imide groups is 1. The van der Waals surface area contributed by atoms with Crippen molar-refractivity contribution in [2.45, 2.75) is 28.9 Å². The van der Waals surface area contributed by atoms with Gasteiger partial charge in [-0.05, 0) is 48.5 Å². The van der Waals surface area contributed by atoms with Gasteiger partial charge >= 0.3 is 11.0 Å². The molecule has 3 unspecified atom stereocenters. The molecule has 14 heteroatoms. The van der Waals surface area contributed by atoms with Crippen LogP contribution in [-0.4, -0.2) is 34.6 Å². The summed E-state index contributed by atoms with van der Waals surface area (Å²) in [5.41, 5.74) is -0.424. The number of nitrogens with one attached hydrogen (secondary N) is 1. The molecule has 2 aliphatic rings. The number of anilines is 2. The maximum absolute atomic E-state index is 14.0. The highest BCUT2D eigenvalue weighted by atomic mass is 32.2. The van der Waals surface area contributed by atoms with Crippen molar-refractivity contribution in [3.8, 4) is 5.75 Å². The molecule has 1 N–H and O–H groups in total. The Morgan fingerprint density at radius 1 is 0.977 bits per heavy atom. The quantitative estimate of drug-likeness (QED) is 0.220. The van der Waals surface area contributed by atoms with Crippen molar-refractivity contribution in [1.82, 2.24) is 4.57 Å². The molecule has 3 aromatic carbocycles. The summed E-state index contributed by atoms with van der Waals surface area (Å²) in [4.78, 5) is 54.7. The highest BCUT2D eigenvalue weighted by Crippen LogP contribution is 2.55. The SMILES string of the molecule is COc1ccccc1C1c2sc(=O)n(CC(=O)Nc3ccc(F)cc3)c2SC2C(=O)N(c3cccc(C(F)(F)F)c3)C(=O)C21. The van der Waals surface area contributed by atoms with Gasteiger partial charge in [0.2, 0.25) is 17.7 Å². The first-order chi connectivity index (χ1) is 21.0. The van der Waals surface area contributed by atoms with Gasteiger partial charge in [-0.3, -0.25) is 23.7 Å². The summed E-state index contributed by atoms with van der Waals surface area (Å²) in [6.45, 7) is -0.440. The number of hydrogen-bond acceptors (Lipinski definition) is 7. The summed E-state index contributed by atoms with van der Waals surface area (Å²) in [6, 6.07) is 15.8. The number of hydrogen-bond donors (Lipinski definition) is 1. The van der Waals surface area contributed by atoms with Crippen LogP contribution < -0.4 is 19.8 Å². The van der Waals surface area contributed by atoms with Crippen molar-refractivity contribution in [2.75, 3.05) is 17.3 Å². The van der Waals surface area contributed by atoms with Crippen LogP contribution in [0.1, 0.15) is 21.9 Å². The van der Waals surface area contributed by atoms with Crippen LogP contribution in [0, 0.1) is 11.7 Å². The van der Waals surface area contributed by atoms with E-state index in [1.165, 1.54) is 42.0 Å². The Hall–Kier alpha value is -4.43. The average molecular weight is 644 g/mol. The number of benzene rings is 3. The standard InChI is InChI=1S/C30H21F4N3O5S2/c1-42-20-8-3-2-7-19(20)22-23-24(27(40)37(26(23)39)18-6-4-5-15(13-18)30(32,33)34)43-28-25(22)44-29(41)36(28)14-21(38)35-17-11-9-16(31)10-12-17/h2-13,22-24H,14H2,1H3,(H,35,38). The number of amides is 3. The number of carbonyl (C=O) groups excluding carboxylic acids is 3. The van der Waals surface area contributed by atoms with Gasteiger partial charge < -0.3 is 10.1 Å². The maximum Gasteiger partial charge on any atom is 0.416 e. The summed E-state index contributed by atoms with van der Waals surface area (Å²) >= 11 is 1.74. The second-order valence-electron chi connectivity index (χ2n) is 10.0. The second-order valence-corrected chi connectivity index (χ2v) is 12.1. The van der Waals surface area contributed by atoms with Crippen molar-refractivity contribution in [1.29, 1.82) is 0 Å². The van der Waals surface area contributed by atoms with Crippen LogP contribution in [0.4, 0.5) is 28.9 Å². The van der Waals surface area contributed by atoms with Gasteiger partial charge in [0.05, 0.1) is 29.3 Å². The minimum atomic E-state index is -4.70. The molecule has 6 rings (SSSR count). The summed E-state index contributed by atoms with van der Waals surface area (Å²) in [6.07, 6.45) is -4.70. The van der Waals surface area contributed by atoms with Gasteiger partial charge in [-0.1, -0.05) is 47.4 Å². The number of carbonyl (C=O) groups is 3. The minimum Gasteiger partial charge on any atom is -0.496 e. The number of aromatic nitrogens is 1. The first-order valence-electron chi connectivity index (χ1n) is 13.1. The third-order valence-electron chi connectivity index (χ3n) is 7.38. The molecule has 0 radical (unpaired) electrons. The molecule has 8 nitrogen and oxygen atoms in total. The van der Waals surface area contributed by atoms with Gasteiger partial charge in [-0.25, -0.2) is 9.29 Å². The van der Waals surface area contributed by atoms with Crippen LogP contribution in [-0.2, 0) is 27.1 Å². The molecule has 2 aliphatic heterocycles. The van der Waals surface area contributed by atoms with E-state index < -0.39 is 63.8 Å². The number of fused-ring (bicyclic) bond motifs is 2. The van der Waals surface area contributed by atoms with Crippen LogP contribution in [0.2, 0.25) is 0 Å². The molecule has 1 fully saturated rings. The molecule has 3 heterocycles. The number of para-hydroxylation sites is 1. The zero-order chi connectivity index (χ0) is 31.3. The zero-order valence-electron chi connectivity index (χ0n) is 22.6. The van der Waals surface area contributed by atoms with E-state index in [1.807, 2.05) is 0 Å². The molecule has 4 aromatic rings. The number of thiazole rings is 1. The van der Waals surface area contributed by atoms with E-state index in [1.54, 1.807) is 24.3 Å². The summed E-state index contributed by atoms with van der Waals surface area (Å²) in [7, 11) is 1.43. The Morgan fingerprint density at radius 3 is 2.41 bits per heavy atom. The van der Waals surface area contributed by atoms with E-state index in [2.05, 4.69) is 5.32 Å². The molecule has 1 saturated heterocycles. The van der Waals surface area contributed by atoms with E-state index in [4.69, 9.17) is 4.74 Å². The predicted molar refractivity (Wildman–Crippen MR) is 156 cm³/mol. The fourth-order valence-corrected chi connectivity index (χ4v) is 8.23. The third-order valence-corrected chi connectivity index (χ3v) is 9.99. The van der Waals surface area contributed by atoms with Gasteiger partial charge in [-0.15, -0.1) is 0 Å². The summed E-state index contributed by atoms with van der Waals surface area (Å²) < 4.78 is 60.6. The molecule has 0 spiro atoms. The van der Waals surface area contributed by atoms with Crippen LogP contribution in [0.5, 0.6) is 5.75 Å². The molecule has 0 aliphatic carbocycles. The van der Waals surface area contributed by atoms with Gasteiger partial charge in [0.15, 0.2) is 0 Å². The van der Waals surface area contributed by atoms with Crippen LogP contribution in [0.25, 0.3) is 0 Å². The van der Waals surface area contributed by atoms with Gasteiger partial charge in [0.1, 0.15) is 23.4 Å². The zero-order valence-corrected chi connectivity index (χ0v) is 24.3. The maximum atomic E-state index is 14.0. The molecule has 0 saturated carbocycles. The van der Waals surface area contributed by atoms with Crippen molar-refractivity contribution in [3.63, 3.8) is 0 Å². The number of rotatable bonds is 6. The molecular weight excluding hydrogens is 622 g/mol. The molecule has 226 valence electrons. The smallest absolute Gasteiger partial charge is 0.416 e. The Bertz CT molecular complexity index is 1850. The second kappa shape index (κ2) is 11.2. The Kier molecular flexibility index (Phi) is 7.58. The van der Waals surface area contributed by atoms with Crippen molar-refractivity contribution in [3.05, 3.63) is 104 Å². The topological polar surface area (TPSA) is 97.7 Å². The number of ether oxygens (including phenoxy) is 1. The van der Waals surface area contributed by atoms with Crippen LogP contribution in [0.15, 0.2) is 82.6 Å². The largest absolute Gasteiger partial charge is 0.496 e. The van der Waals surface area contributed by atoms with Crippen molar-refractivity contribution >= 4 is 52.2 Å². The van der Waals surface area contributed by atoms with E-state index in [0.29, 0.717) is 26.9 Å². The molecule has 3 atom stereocenters.